The van der Waals surface area contributed by atoms with Crippen LogP contribution < -0.4 is 0 Å². The van der Waals surface area contributed by atoms with Crippen molar-refractivity contribution in [3.8, 4) is 0 Å². The Morgan fingerprint density at radius 2 is 2.29 bits per heavy atom. The zero-order chi connectivity index (χ0) is 10.2. The summed E-state index contributed by atoms with van der Waals surface area (Å²) in [5.41, 5.74) is 1.44. The summed E-state index contributed by atoms with van der Waals surface area (Å²) in [6, 6.07) is 0. The van der Waals surface area contributed by atoms with Gasteiger partial charge in [0.25, 0.3) is 0 Å². The van der Waals surface area contributed by atoms with Crippen molar-refractivity contribution in [2.45, 2.75) is 19.8 Å². The van der Waals surface area contributed by atoms with Gasteiger partial charge < -0.3 is 0 Å². The second-order valence-electron chi connectivity index (χ2n) is 3.44. The quantitative estimate of drug-likeness (QED) is 0.514. The van der Waals surface area contributed by atoms with Gasteiger partial charge in [-0.3, -0.25) is 0 Å². The maximum absolute atomic E-state index is 3.35. The summed E-state index contributed by atoms with van der Waals surface area (Å²) >= 11 is 3.35. The van der Waals surface area contributed by atoms with E-state index in [0.717, 1.165) is 5.33 Å². The Morgan fingerprint density at radius 1 is 1.43 bits per heavy atom. The van der Waals surface area contributed by atoms with Crippen LogP contribution in [0.1, 0.15) is 19.8 Å². The number of hydrogen-bond donors (Lipinski definition) is 0. The van der Waals surface area contributed by atoms with E-state index in [0.29, 0.717) is 5.92 Å². The summed E-state index contributed by atoms with van der Waals surface area (Å²) in [5, 5.41) is 0.925. The third-order valence-corrected chi connectivity index (χ3v) is 2.66. The highest BCUT2D eigenvalue weighted by molar-refractivity contribution is 9.09. The van der Waals surface area contributed by atoms with Crippen molar-refractivity contribution in [3.05, 3.63) is 48.1 Å². The third kappa shape index (κ3) is 4.10. The van der Waals surface area contributed by atoms with Gasteiger partial charge in [-0.2, -0.15) is 0 Å². The second-order valence-corrected chi connectivity index (χ2v) is 4.09. The van der Waals surface area contributed by atoms with E-state index in [-0.39, 0.29) is 0 Å². The Labute approximate surface area is 95.2 Å². The molecule has 1 unspecified atom stereocenters. The summed E-state index contributed by atoms with van der Waals surface area (Å²) in [5.74, 6) is 0.534. The van der Waals surface area contributed by atoms with Crippen LogP contribution >= 0.6 is 15.9 Å². The highest BCUT2D eigenvalue weighted by atomic mass is 79.9. The van der Waals surface area contributed by atoms with Gasteiger partial charge in [0.05, 0.1) is 0 Å². The first-order chi connectivity index (χ1) is 6.84. The maximum Gasteiger partial charge on any atom is 0.0215 e. The van der Waals surface area contributed by atoms with Crippen LogP contribution in [0.25, 0.3) is 0 Å². The minimum Gasteiger partial charge on any atom is -0.0883 e. The van der Waals surface area contributed by atoms with Gasteiger partial charge in [0.2, 0.25) is 0 Å². The SMILES string of the molecule is CC(/C=C\C=C/CBr)C1=CCCC=C1. The van der Waals surface area contributed by atoms with Crippen molar-refractivity contribution in [2.75, 3.05) is 5.33 Å². The molecule has 0 radical (unpaired) electrons. The van der Waals surface area contributed by atoms with Crippen LogP contribution in [0, 0.1) is 5.92 Å². The van der Waals surface area contributed by atoms with Crippen LogP contribution in [0.4, 0.5) is 0 Å². The second kappa shape index (κ2) is 6.83. The maximum atomic E-state index is 3.35. The molecule has 76 valence electrons. The zero-order valence-corrected chi connectivity index (χ0v) is 10.2. The molecular formula is C13H17Br. The van der Waals surface area contributed by atoms with E-state index in [1.807, 2.05) is 0 Å². The predicted octanol–water partition coefficient (Wildman–Crippen LogP) is 4.41. The van der Waals surface area contributed by atoms with Crippen LogP contribution in [-0.4, -0.2) is 5.33 Å². The number of allylic oxidation sites excluding steroid dienone is 8. The Bertz CT molecular complexity index is 269. The lowest BCUT2D eigenvalue weighted by Gasteiger charge is -2.10. The summed E-state index contributed by atoms with van der Waals surface area (Å²) < 4.78 is 0. The zero-order valence-electron chi connectivity index (χ0n) is 8.62. The van der Waals surface area contributed by atoms with E-state index in [4.69, 9.17) is 0 Å². The van der Waals surface area contributed by atoms with Crippen LogP contribution in [0.15, 0.2) is 48.1 Å². The van der Waals surface area contributed by atoms with Crippen molar-refractivity contribution in [3.63, 3.8) is 0 Å². The fourth-order valence-corrected chi connectivity index (χ4v) is 1.66. The number of hydrogen-bond acceptors (Lipinski definition) is 0. The van der Waals surface area contributed by atoms with E-state index in [1.54, 1.807) is 0 Å². The lowest BCUT2D eigenvalue weighted by atomic mass is 9.95. The van der Waals surface area contributed by atoms with Crippen LogP contribution in [0.5, 0.6) is 0 Å². The molecule has 0 saturated heterocycles. The summed E-state index contributed by atoms with van der Waals surface area (Å²) in [4.78, 5) is 0. The van der Waals surface area contributed by atoms with Crippen molar-refractivity contribution in [1.29, 1.82) is 0 Å². The molecule has 0 heterocycles. The molecule has 0 aliphatic heterocycles. The van der Waals surface area contributed by atoms with Crippen LogP contribution in [-0.2, 0) is 0 Å². The summed E-state index contributed by atoms with van der Waals surface area (Å²) in [6.45, 7) is 2.24. The normalized spacial score (nSPS) is 19.1. The Kier molecular flexibility index (Phi) is 5.62. The number of halogens is 1. The molecule has 0 aromatic rings. The van der Waals surface area contributed by atoms with Gasteiger partial charge in [0.15, 0.2) is 0 Å². The van der Waals surface area contributed by atoms with Gasteiger partial charge in [-0.15, -0.1) is 0 Å². The number of alkyl halides is 1. The minimum absolute atomic E-state index is 0.534. The molecule has 0 aromatic carbocycles. The fourth-order valence-electron chi connectivity index (χ4n) is 1.44. The van der Waals surface area contributed by atoms with Gasteiger partial charge >= 0.3 is 0 Å². The lowest BCUT2D eigenvalue weighted by molar-refractivity contribution is 0.857. The molecule has 0 fully saturated rings. The molecule has 1 heteroatoms. The molecule has 0 N–H and O–H groups in total. The molecule has 14 heavy (non-hydrogen) atoms. The first-order valence-electron chi connectivity index (χ1n) is 5.10. The van der Waals surface area contributed by atoms with Gasteiger partial charge in [0, 0.05) is 5.33 Å². The third-order valence-electron chi connectivity index (χ3n) is 2.29. The molecule has 0 aromatic heterocycles. The molecule has 0 bridgehead atoms. The van der Waals surface area contributed by atoms with E-state index in [2.05, 4.69) is 65.4 Å². The highest BCUT2D eigenvalue weighted by Gasteiger charge is 2.02. The van der Waals surface area contributed by atoms with E-state index >= 15 is 0 Å². The van der Waals surface area contributed by atoms with Crippen molar-refractivity contribution < 1.29 is 0 Å². The first kappa shape index (κ1) is 11.5. The fraction of sp³-hybridized carbons (Fsp3) is 0.385. The molecule has 0 nitrogen and oxygen atoms in total. The average Bonchev–Trinajstić information content (AvgIpc) is 2.25. The van der Waals surface area contributed by atoms with Gasteiger partial charge in [-0.25, -0.2) is 0 Å². The molecule has 1 aliphatic carbocycles. The monoisotopic (exact) mass is 252 g/mol. The smallest absolute Gasteiger partial charge is 0.0215 e. The largest absolute Gasteiger partial charge is 0.0883 e. The number of rotatable bonds is 4. The molecule has 0 saturated carbocycles. The van der Waals surface area contributed by atoms with E-state index in [1.165, 1.54) is 18.4 Å². The van der Waals surface area contributed by atoms with Gasteiger partial charge in [0.1, 0.15) is 0 Å². The van der Waals surface area contributed by atoms with Crippen LogP contribution in [0.3, 0.4) is 0 Å². The van der Waals surface area contributed by atoms with Gasteiger partial charge in [-0.05, 0) is 24.3 Å². The standard InChI is InChI=1S/C13H17Br/c1-12(8-4-3-7-11-14)13-9-5-2-6-10-13/h3-5,7-10,12H,2,6,11H2,1H3/b7-3-,8-4-. The van der Waals surface area contributed by atoms with Crippen molar-refractivity contribution >= 4 is 15.9 Å². The lowest BCUT2D eigenvalue weighted by Crippen LogP contribution is -1.95. The summed E-state index contributed by atoms with van der Waals surface area (Å²) in [6.07, 6.45) is 17.8. The molecule has 0 amide bonds. The van der Waals surface area contributed by atoms with E-state index in [9.17, 15) is 0 Å². The minimum atomic E-state index is 0.534. The molecule has 1 atom stereocenters. The average molecular weight is 253 g/mol. The molecule has 1 aliphatic rings. The van der Waals surface area contributed by atoms with Crippen molar-refractivity contribution in [2.24, 2.45) is 5.92 Å². The highest BCUT2D eigenvalue weighted by Crippen LogP contribution is 2.19. The first-order valence-corrected chi connectivity index (χ1v) is 6.22. The summed E-state index contributed by atoms with van der Waals surface area (Å²) in [7, 11) is 0. The molecule has 1 rings (SSSR count). The predicted molar refractivity (Wildman–Crippen MR) is 67.7 cm³/mol. The van der Waals surface area contributed by atoms with Crippen LogP contribution in [0.2, 0.25) is 0 Å². The topological polar surface area (TPSA) is 0 Å². The Hall–Kier alpha value is -0.560. The van der Waals surface area contributed by atoms with E-state index < -0.39 is 0 Å². The Balaban J connectivity index is 2.44. The molecule has 0 spiro atoms. The molecular weight excluding hydrogens is 236 g/mol. The van der Waals surface area contributed by atoms with Gasteiger partial charge in [-0.1, -0.05) is 65.4 Å². The Morgan fingerprint density at radius 3 is 2.93 bits per heavy atom. The van der Waals surface area contributed by atoms with Crippen molar-refractivity contribution in [1.82, 2.24) is 0 Å².